The van der Waals surface area contributed by atoms with Crippen LogP contribution < -0.4 is 0 Å². The maximum absolute atomic E-state index is 12.8. The zero-order valence-corrected chi connectivity index (χ0v) is 12.9. The van der Waals surface area contributed by atoms with Crippen LogP contribution in [0.5, 0.6) is 0 Å². The lowest BCUT2D eigenvalue weighted by Gasteiger charge is -2.35. The summed E-state index contributed by atoms with van der Waals surface area (Å²) in [5, 5.41) is 4.05. The standard InChI is InChI=1S/C16H25N3O2/c1-2-7-14-17-15(21-18-14)13-10-5-6-11-19(13)16(20)12-8-3-4-9-12/h12-13H,2-11H2,1H3/t13-/m1/s1. The second kappa shape index (κ2) is 6.58. The van der Waals surface area contributed by atoms with E-state index in [4.69, 9.17) is 4.52 Å². The summed E-state index contributed by atoms with van der Waals surface area (Å²) in [5.41, 5.74) is 0. The van der Waals surface area contributed by atoms with Crippen molar-refractivity contribution in [2.75, 3.05) is 6.54 Å². The largest absolute Gasteiger partial charge is 0.337 e. The lowest BCUT2D eigenvalue weighted by atomic mass is 9.98. The number of aryl methyl sites for hydroxylation is 1. The number of nitrogens with zero attached hydrogens (tertiary/aromatic N) is 3. The Morgan fingerprint density at radius 3 is 2.76 bits per heavy atom. The zero-order valence-electron chi connectivity index (χ0n) is 12.9. The van der Waals surface area contributed by atoms with Gasteiger partial charge in [-0.2, -0.15) is 4.98 Å². The molecule has 0 unspecified atom stereocenters. The van der Waals surface area contributed by atoms with Crippen LogP contribution in [0.15, 0.2) is 4.52 Å². The van der Waals surface area contributed by atoms with Crippen LogP contribution in [0.3, 0.4) is 0 Å². The molecule has 21 heavy (non-hydrogen) atoms. The van der Waals surface area contributed by atoms with Gasteiger partial charge in [0.1, 0.15) is 6.04 Å². The van der Waals surface area contributed by atoms with Crippen molar-refractivity contribution in [3.05, 3.63) is 11.7 Å². The molecule has 1 aromatic rings. The third-order valence-corrected chi connectivity index (χ3v) is 4.73. The Bertz CT molecular complexity index is 480. The second-order valence-electron chi connectivity index (χ2n) is 6.32. The number of piperidine rings is 1. The van der Waals surface area contributed by atoms with E-state index in [1.807, 2.05) is 4.90 Å². The Balaban J connectivity index is 1.75. The van der Waals surface area contributed by atoms with Gasteiger partial charge in [-0.3, -0.25) is 4.79 Å². The van der Waals surface area contributed by atoms with Crippen molar-refractivity contribution in [1.29, 1.82) is 0 Å². The summed E-state index contributed by atoms with van der Waals surface area (Å²) in [6.07, 6.45) is 9.50. The van der Waals surface area contributed by atoms with Crippen molar-refractivity contribution < 1.29 is 9.32 Å². The molecule has 5 nitrogen and oxygen atoms in total. The Morgan fingerprint density at radius 2 is 2.00 bits per heavy atom. The van der Waals surface area contributed by atoms with Gasteiger partial charge in [0.25, 0.3) is 0 Å². The molecule has 0 aromatic carbocycles. The van der Waals surface area contributed by atoms with Crippen LogP contribution in [0.4, 0.5) is 0 Å². The van der Waals surface area contributed by atoms with Crippen LogP contribution in [-0.2, 0) is 11.2 Å². The topological polar surface area (TPSA) is 59.2 Å². The lowest BCUT2D eigenvalue weighted by molar-refractivity contribution is -0.140. The summed E-state index contributed by atoms with van der Waals surface area (Å²) < 4.78 is 5.44. The van der Waals surface area contributed by atoms with Gasteiger partial charge in [-0.25, -0.2) is 0 Å². The van der Waals surface area contributed by atoms with Crippen LogP contribution in [0.2, 0.25) is 0 Å². The molecule has 0 bridgehead atoms. The maximum atomic E-state index is 12.8. The van der Waals surface area contributed by atoms with Gasteiger partial charge in [0.05, 0.1) is 0 Å². The number of rotatable bonds is 4. The van der Waals surface area contributed by atoms with E-state index in [0.29, 0.717) is 11.8 Å². The molecule has 1 aromatic heterocycles. The zero-order chi connectivity index (χ0) is 14.7. The van der Waals surface area contributed by atoms with Crippen LogP contribution in [0, 0.1) is 5.92 Å². The average Bonchev–Trinajstić information content (AvgIpc) is 3.18. The molecular weight excluding hydrogens is 266 g/mol. The number of hydrogen-bond donors (Lipinski definition) is 0. The molecule has 116 valence electrons. The highest BCUT2D eigenvalue weighted by Crippen LogP contribution is 2.34. The molecule has 2 aliphatic rings. The Morgan fingerprint density at radius 1 is 1.24 bits per heavy atom. The predicted molar refractivity (Wildman–Crippen MR) is 78.6 cm³/mol. The van der Waals surface area contributed by atoms with Crippen molar-refractivity contribution >= 4 is 5.91 Å². The van der Waals surface area contributed by atoms with Crippen LogP contribution in [0.25, 0.3) is 0 Å². The number of amides is 1. The molecule has 1 saturated heterocycles. The van der Waals surface area contributed by atoms with Crippen molar-refractivity contribution in [3.8, 4) is 0 Å². The van der Waals surface area contributed by atoms with Crippen molar-refractivity contribution in [2.24, 2.45) is 5.92 Å². The first-order valence-electron chi connectivity index (χ1n) is 8.42. The van der Waals surface area contributed by atoms with E-state index in [2.05, 4.69) is 17.1 Å². The minimum Gasteiger partial charge on any atom is -0.337 e. The molecular formula is C16H25N3O2. The summed E-state index contributed by atoms with van der Waals surface area (Å²) in [7, 11) is 0. The van der Waals surface area contributed by atoms with E-state index in [-0.39, 0.29) is 12.0 Å². The second-order valence-corrected chi connectivity index (χ2v) is 6.32. The van der Waals surface area contributed by atoms with Gasteiger partial charge in [0.2, 0.25) is 11.8 Å². The number of hydrogen-bond acceptors (Lipinski definition) is 4. The first-order valence-corrected chi connectivity index (χ1v) is 8.42. The minimum atomic E-state index is 0.00459. The van der Waals surface area contributed by atoms with E-state index in [1.54, 1.807) is 0 Å². The fraction of sp³-hybridized carbons (Fsp3) is 0.812. The van der Waals surface area contributed by atoms with Gasteiger partial charge in [0, 0.05) is 18.9 Å². The molecule has 2 fully saturated rings. The number of carbonyl (C=O) groups excluding carboxylic acids is 1. The van der Waals surface area contributed by atoms with E-state index in [0.717, 1.165) is 57.3 Å². The normalized spacial score (nSPS) is 23.7. The van der Waals surface area contributed by atoms with Crippen LogP contribution in [-0.4, -0.2) is 27.5 Å². The number of carbonyl (C=O) groups is 1. The van der Waals surface area contributed by atoms with Gasteiger partial charge in [-0.15, -0.1) is 0 Å². The third kappa shape index (κ3) is 3.11. The molecule has 0 spiro atoms. The molecule has 1 aliphatic carbocycles. The molecule has 1 saturated carbocycles. The Hall–Kier alpha value is -1.39. The van der Waals surface area contributed by atoms with E-state index in [9.17, 15) is 4.79 Å². The summed E-state index contributed by atoms with van der Waals surface area (Å²) in [5.74, 6) is 1.95. The number of aromatic nitrogens is 2. The van der Waals surface area contributed by atoms with E-state index in [1.165, 1.54) is 12.8 Å². The first-order chi connectivity index (χ1) is 10.3. The molecule has 1 amide bonds. The van der Waals surface area contributed by atoms with E-state index >= 15 is 0 Å². The monoisotopic (exact) mass is 291 g/mol. The molecule has 2 heterocycles. The Labute approximate surface area is 126 Å². The summed E-state index contributed by atoms with van der Waals surface area (Å²) in [6, 6.07) is 0.00459. The van der Waals surface area contributed by atoms with Crippen LogP contribution >= 0.6 is 0 Å². The summed E-state index contributed by atoms with van der Waals surface area (Å²) in [6.45, 7) is 2.94. The van der Waals surface area contributed by atoms with Crippen molar-refractivity contribution in [2.45, 2.75) is 70.8 Å². The van der Waals surface area contributed by atoms with Crippen molar-refractivity contribution in [3.63, 3.8) is 0 Å². The van der Waals surface area contributed by atoms with Gasteiger partial charge in [-0.05, 0) is 38.5 Å². The number of likely N-dealkylation sites (tertiary alicyclic amines) is 1. The smallest absolute Gasteiger partial charge is 0.249 e. The van der Waals surface area contributed by atoms with Gasteiger partial charge in [0.15, 0.2) is 5.82 Å². The average molecular weight is 291 g/mol. The first kappa shape index (κ1) is 14.5. The van der Waals surface area contributed by atoms with E-state index < -0.39 is 0 Å². The maximum Gasteiger partial charge on any atom is 0.249 e. The molecule has 1 aliphatic heterocycles. The fourth-order valence-electron chi connectivity index (χ4n) is 3.59. The molecule has 0 N–H and O–H groups in total. The third-order valence-electron chi connectivity index (χ3n) is 4.73. The van der Waals surface area contributed by atoms with Gasteiger partial charge in [-0.1, -0.05) is 24.9 Å². The summed E-state index contributed by atoms with van der Waals surface area (Å²) >= 11 is 0. The highest BCUT2D eigenvalue weighted by molar-refractivity contribution is 5.79. The van der Waals surface area contributed by atoms with Crippen LogP contribution in [0.1, 0.15) is 76.0 Å². The summed E-state index contributed by atoms with van der Waals surface area (Å²) in [4.78, 5) is 19.3. The van der Waals surface area contributed by atoms with Crippen molar-refractivity contribution in [1.82, 2.24) is 15.0 Å². The SMILES string of the molecule is CCCc1noc([C@H]2CCCCN2C(=O)C2CCCC2)n1. The molecule has 0 radical (unpaired) electrons. The molecule has 3 rings (SSSR count). The highest BCUT2D eigenvalue weighted by Gasteiger charge is 2.36. The fourth-order valence-corrected chi connectivity index (χ4v) is 3.59. The predicted octanol–water partition coefficient (Wildman–Crippen LogP) is 3.27. The van der Waals surface area contributed by atoms with Gasteiger partial charge < -0.3 is 9.42 Å². The Kier molecular flexibility index (Phi) is 4.56. The molecule has 1 atom stereocenters. The quantitative estimate of drug-likeness (QED) is 0.854. The minimum absolute atomic E-state index is 0.00459. The highest BCUT2D eigenvalue weighted by atomic mass is 16.5. The molecule has 5 heteroatoms. The van der Waals surface area contributed by atoms with Gasteiger partial charge >= 0.3 is 0 Å². The lowest BCUT2D eigenvalue weighted by Crippen LogP contribution is -2.41.